The fourth-order valence-electron chi connectivity index (χ4n) is 17.4. The zero-order valence-corrected chi connectivity index (χ0v) is 82.6. The Hall–Kier alpha value is -5.38. The maximum absolute atomic E-state index is 14.7. The largest absolute Gasteiger partial charge is 0.481 e. The van der Waals surface area contributed by atoms with Gasteiger partial charge in [0.05, 0.1) is 69.4 Å². The van der Waals surface area contributed by atoms with Crippen LogP contribution in [0.25, 0.3) is 0 Å². The molecule has 5 N–H and O–H groups in total. The highest BCUT2D eigenvalue weighted by molar-refractivity contribution is 5.89. The summed E-state index contributed by atoms with van der Waals surface area (Å²) in [5.74, 6) is -8.19. The molecule has 0 radical (unpaired) electrons. The van der Waals surface area contributed by atoms with Gasteiger partial charge in [0.1, 0.15) is 6.10 Å². The normalized spacial score (nSPS) is 13.9. The molecule has 8 atom stereocenters. The SMILES string of the molecule is CCCCCCCCC(CCCCCC)COC(=O)CCNC(=O)[C@@H](C(OC(=O)CCCC(=O)O)C(CCCCCC)CCCCCCCC)C(C)(C)COC(=O)CCN(C)C.CCCCCCCCC(CCCCCC)COC(=O)CCNC(=O)[C@H](C(C)(C)COC(=O)CCN(C)C)C(CCC(=O)O)(CC(CCCCCC)CCCCCCCC)C(=O)O. The predicted molar refractivity (Wildman–Crippen MR) is 504 cm³/mol. The van der Waals surface area contributed by atoms with Crippen LogP contribution in [0.1, 0.15) is 455 Å². The fourth-order valence-corrected chi connectivity index (χ4v) is 17.4. The minimum atomic E-state index is -1.78. The molecule has 22 nitrogen and oxygen atoms in total. The summed E-state index contributed by atoms with van der Waals surface area (Å²) >= 11 is 0. The molecule has 0 aromatic carbocycles. The molecule has 0 fully saturated rings. The van der Waals surface area contributed by atoms with Gasteiger partial charge >= 0.3 is 47.8 Å². The first-order valence-corrected chi connectivity index (χ1v) is 50.6. The molecule has 0 saturated heterocycles. The Bertz CT molecular complexity index is 2710. The van der Waals surface area contributed by atoms with Gasteiger partial charge in [-0.25, -0.2) is 0 Å². The number of amides is 2. The smallest absolute Gasteiger partial charge is 0.310 e. The minimum Gasteiger partial charge on any atom is -0.481 e. The lowest BCUT2D eigenvalue weighted by molar-refractivity contribution is -0.170. The van der Waals surface area contributed by atoms with Crippen molar-refractivity contribution < 1.29 is 86.9 Å². The Kier molecular flexibility index (Phi) is 76.5. The minimum absolute atomic E-state index is 0.00975. The number of hydrogen-bond acceptors (Lipinski definition) is 17. The lowest BCUT2D eigenvalue weighted by atomic mass is 9.57. The van der Waals surface area contributed by atoms with Gasteiger partial charge in [-0.15, -0.1) is 0 Å². The number of carboxylic acids is 3. The monoisotopic (exact) mass is 1760 g/mol. The van der Waals surface area contributed by atoms with E-state index in [1.54, 1.807) is 13.8 Å². The summed E-state index contributed by atoms with van der Waals surface area (Å²) in [6.07, 6.45) is 51.2. The molecule has 0 rings (SSSR count). The first kappa shape index (κ1) is 121. The number of aliphatic carboxylic acids is 3. The van der Waals surface area contributed by atoms with E-state index in [0.717, 1.165) is 199 Å². The number of carbonyl (C=O) groups is 10. The van der Waals surface area contributed by atoms with Crippen molar-refractivity contribution in [3.63, 3.8) is 0 Å². The zero-order valence-electron chi connectivity index (χ0n) is 82.6. The summed E-state index contributed by atoms with van der Waals surface area (Å²) < 4.78 is 29.6. The second kappa shape index (κ2) is 78.6. The number of esters is 5. The van der Waals surface area contributed by atoms with Crippen LogP contribution >= 0.6 is 0 Å². The van der Waals surface area contributed by atoms with Crippen molar-refractivity contribution in [1.29, 1.82) is 0 Å². The predicted octanol–water partition coefficient (Wildman–Crippen LogP) is 24.2. The number of nitrogens with one attached hydrogen (secondary N) is 2. The van der Waals surface area contributed by atoms with E-state index in [-0.39, 0.29) is 114 Å². The van der Waals surface area contributed by atoms with Crippen molar-refractivity contribution in [3.05, 3.63) is 0 Å². The molecule has 22 heteroatoms. The lowest BCUT2D eigenvalue weighted by Crippen LogP contribution is -2.55. The number of carboxylic acid groups (broad SMARTS) is 3. The standard InChI is InChI=1S/2C51H96N2O9/c1-9-13-17-21-23-26-31-42(30-25-19-15-11-3)40-60-45(56)36-38-52-50(59)48(51(5,6)41-61-46(57)37-39-53(7)8)49(62-47(58)35-29-34-44(54)55)43(32-27-20-16-12-4)33-28-24-22-18-14-10-2;1-9-13-17-21-23-27-30-42(29-25-19-15-11-3)39-51(49(59)60,36-33-44(54)55)47(50(5,6)41-62-46(57)35-38-53(7)8)48(58)52-37-34-45(56)61-40-43(31-26-20-16-12-4)32-28-24-22-18-14-10-2/h42-43,48-49H,9-41H2,1-8H3,(H,52,59)(H,54,55);42-43,47H,9-41H2,1-8H3,(H,52,58)(H,54,55)(H,59,60)/t42?,43?,48-,49?;42?,43?,47-,51?/m11/s1. The summed E-state index contributed by atoms with van der Waals surface area (Å²) in [6, 6.07) is 0. The van der Waals surface area contributed by atoms with Gasteiger partial charge in [-0.2, -0.15) is 0 Å². The molecular formula is C102H192N4O18. The molecule has 0 spiro atoms. The number of rotatable bonds is 86. The molecule has 728 valence electrons. The average molecular weight is 1760 g/mol. The van der Waals surface area contributed by atoms with Crippen molar-refractivity contribution in [2.75, 3.05) is 80.8 Å². The van der Waals surface area contributed by atoms with E-state index >= 15 is 0 Å². The Balaban J connectivity index is 0. The molecular weight excluding hydrogens is 1570 g/mol. The second-order valence-corrected chi connectivity index (χ2v) is 38.5. The highest BCUT2D eigenvalue weighted by Crippen LogP contribution is 2.50. The van der Waals surface area contributed by atoms with Crippen molar-refractivity contribution in [1.82, 2.24) is 20.4 Å². The van der Waals surface area contributed by atoms with Crippen LogP contribution in [-0.2, 0) is 71.6 Å². The Morgan fingerprint density at radius 1 is 0.323 bits per heavy atom. The number of hydrogen-bond donors (Lipinski definition) is 5. The molecule has 0 aromatic heterocycles. The molecule has 2 amide bonds. The van der Waals surface area contributed by atoms with Gasteiger partial charge in [0.15, 0.2) is 0 Å². The van der Waals surface area contributed by atoms with Crippen LogP contribution < -0.4 is 10.6 Å². The van der Waals surface area contributed by atoms with Crippen LogP contribution in [-0.4, -0.2) is 172 Å². The average Bonchev–Trinajstić information content (AvgIpc) is 0.753. The molecule has 0 aromatic rings. The van der Waals surface area contributed by atoms with Crippen molar-refractivity contribution in [3.8, 4) is 0 Å². The van der Waals surface area contributed by atoms with Crippen molar-refractivity contribution in [2.24, 2.45) is 51.8 Å². The van der Waals surface area contributed by atoms with Crippen LogP contribution in [0.5, 0.6) is 0 Å². The van der Waals surface area contributed by atoms with Gasteiger partial charge in [0.25, 0.3) is 0 Å². The maximum Gasteiger partial charge on any atom is 0.310 e. The van der Waals surface area contributed by atoms with Gasteiger partial charge < -0.3 is 59.4 Å². The van der Waals surface area contributed by atoms with Crippen LogP contribution in [0.15, 0.2) is 0 Å². The van der Waals surface area contributed by atoms with E-state index in [0.29, 0.717) is 38.1 Å². The summed E-state index contributed by atoms with van der Waals surface area (Å²) in [5, 5.41) is 36.5. The highest BCUT2D eigenvalue weighted by Gasteiger charge is 2.57. The topological polar surface area (TPSA) is 308 Å². The summed E-state index contributed by atoms with van der Waals surface area (Å²) in [5.41, 5.74) is -3.94. The molecule has 124 heavy (non-hydrogen) atoms. The van der Waals surface area contributed by atoms with Crippen LogP contribution in [0.4, 0.5) is 0 Å². The van der Waals surface area contributed by atoms with E-state index in [9.17, 15) is 63.3 Å². The molecule has 0 saturated carbocycles. The van der Waals surface area contributed by atoms with Crippen LogP contribution in [0, 0.1) is 51.8 Å². The molecule has 0 heterocycles. The fraction of sp³-hybridized carbons (Fsp3) is 0.902. The van der Waals surface area contributed by atoms with E-state index in [1.165, 1.54) is 109 Å². The summed E-state index contributed by atoms with van der Waals surface area (Å²) in [4.78, 5) is 136. The molecule has 0 bridgehead atoms. The highest BCUT2D eigenvalue weighted by atomic mass is 16.6. The van der Waals surface area contributed by atoms with E-state index < -0.39 is 82.3 Å². The Morgan fingerprint density at radius 2 is 0.629 bits per heavy atom. The first-order valence-electron chi connectivity index (χ1n) is 50.6. The summed E-state index contributed by atoms with van der Waals surface area (Å²) in [7, 11) is 7.47. The number of nitrogens with zero attached hydrogens (tertiary/aromatic N) is 2. The molecule has 6 unspecified atom stereocenters. The number of unbranched alkanes of at least 4 members (excludes halogenated alkanes) is 32. The first-order chi connectivity index (χ1) is 59.3. The Labute approximate surface area is 757 Å². The van der Waals surface area contributed by atoms with Gasteiger partial charge in [-0.3, -0.25) is 47.9 Å². The van der Waals surface area contributed by atoms with Gasteiger partial charge in [0.2, 0.25) is 11.8 Å². The third-order valence-corrected chi connectivity index (χ3v) is 25.0. The Morgan fingerprint density at radius 3 is 0.968 bits per heavy atom. The third-order valence-electron chi connectivity index (χ3n) is 25.0. The second-order valence-electron chi connectivity index (χ2n) is 38.5. The van der Waals surface area contributed by atoms with Crippen LogP contribution in [0.2, 0.25) is 0 Å². The van der Waals surface area contributed by atoms with Gasteiger partial charge in [-0.05, 0) is 110 Å². The van der Waals surface area contributed by atoms with Gasteiger partial charge in [-0.1, -0.05) is 353 Å². The van der Waals surface area contributed by atoms with E-state index in [2.05, 4.69) is 66.0 Å². The maximum atomic E-state index is 14.7. The van der Waals surface area contributed by atoms with Gasteiger partial charge in [0, 0.05) is 56.3 Å². The van der Waals surface area contributed by atoms with Crippen molar-refractivity contribution >= 4 is 59.6 Å². The molecule has 0 aliphatic heterocycles. The van der Waals surface area contributed by atoms with Crippen LogP contribution in [0.3, 0.4) is 0 Å². The molecule has 0 aliphatic carbocycles. The lowest BCUT2D eigenvalue weighted by Gasteiger charge is -2.46. The quantitative estimate of drug-likeness (QED) is 0.0215. The van der Waals surface area contributed by atoms with Crippen molar-refractivity contribution in [2.45, 2.75) is 462 Å². The van der Waals surface area contributed by atoms with E-state index in [4.69, 9.17) is 23.7 Å². The van der Waals surface area contributed by atoms with E-state index in [1.807, 2.05) is 51.8 Å². The number of ether oxygens (including phenoxy) is 5. The molecule has 0 aliphatic rings. The zero-order chi connectivity index (χ0) is 93.1. The summed E-state index contributed by atoms with van der Waals surface area (Å²) in [6.45, 7) is 26.2. The number of carbonyl (C=O) groups excluding carboxylic acids is 7. The third kappa shape index (κ3) is 64.4.